The lowest BCUT2D eigenvalue weighted by Crippen LogP contribution is -2.11. The molecule has 0 heterocycles. The number of halogens is 2. The average Bonchev–Trinajstić information content (AvgIpc) is 2.56. The van der Waals surface area contributed by atoms with Gasteiger partial charge in [-0.15, -0.1) is 0 Å². The summed E-state index contributed by atoms with van der Waals surface area (Å²) >= 11 is 3.26. The van der Waals surface area contributed by atoms with E-state index in [1.165, 1.54) is 19.2 Å². The van der Waals surface area contributed by atoms with Crippen LogP contribution in [0.1, 0.15) is 17.3 Å². The fourth-order valence-corrected chi connectivity index (χ4v) is 2.56. The largest absolute Gasteiger partial charge is 0.493 e. The maximum atomic E-state index is 13.3. The summed E-state index contributed by atoms with van der Waals surface area (Å²) in [5.74, 6) is -1.48. The third-order valence-corrected chi connectivity index (χ3v) is 3.66. The van der Waals surface area contributed by atoms with Crippen molar-refractivity contribution < 1.29 is 28.3 Å². The van der Waals surface area contributed by atoms with E-state index in [1.807, 2.05) is 0 Å². The lowest BCUT2D eigenvalue weighted by Gasteiger charge is -2.13. The molecular formula is C16H13BrFNO6. The number of esters is 1. The van der Waals surface area contributed by atoms with Crippen LogP contribution in [0.2, 0.25) is 0 Å². The van der Waals surface area contributed by atoms with Gasteiger partial charge in [-0.25, -0.2) is 9.18 Å². The Bertz CT molecular complexity index is 827. The molecule has 0 unspecified atom stereocenters. The molecule has 0 amide bonds. The number of rotatable bonds is 6. The van der Waals surface area contributed by atoms with E-state index in [2.05, 4.69) is 15.9 Å². The molecule has 0 N–H and O–H groups in total. The predicted octanol–water partition coefficient (Wildman–Crippen LogP) is 4.12. The van der Waals surface area contributed by atoms with Crippen molar-refractivity contribution in [1.29, 1.82) is 0 Å². The van der Waals surface area contributed by atoms with E-state index in [4.69, 9.17) is 14.2 Å². The summed E-state index contributed by atoms with van der Waals surface area (Å²) in [5, 5.41) is 11.0. The quantitative estimate of drug-likeness (QED) is 0.306. The van der Waals surface area contributed by atoms with Crippen molar-refractivity contribution in [1.82, 2.24) is 0 Å². The van der Waals surface area contributed by atoms with Gasteiger partial charge in [-0.05, 0) is 41.1 Å². The highest BCUT2D eigenvalue weighted by atomic mass is 79.9. The van der Waals surface area contributed by atoms with Gasteiger partial charge in [-0.2, -0.15) is 0 Å². The molecular weight excluding hydrogens is 401 g/mol. The summed E-state index contributed by atoms with van der Waals surface area (Å²) in [6, 6.07) is 5.39. The second-order valence-corrected chi connectivity index (χ2v) is 5.54. The van der Waals surface area contributed by atoms with Crippen LogP contribution in [0.4, 0.5) is 10.1 Å². The maximum absolute atomic E-state index is 13.3. The number of carbonyl (C=O) groups excluding carboxylic acids is 1. The Balaban J connectivity index is 2.38. The van der Waals surface area contributed by atoms with Crippen LogP contribution in [0.15, 0.2) is 34.8 Å². The molecule has 0 aromatic heterocycles. The summed E-state index contributed by atoms with van der Waals surface area (Å²) in [5.41, 5.74) is -0.475. The second kappa shape index (κ2) is 7.93. The van der Waals surface area contributed by atoms with Gasteiger partial charge in [0.2, 0.25) is 5.75 Å². The van der Waals surface area contributed by atoms with Gasteiger partial charge in [-0.3, -0.25) is 10.1 Å². The van der Waals surface area contributed by atoms with Crippen molar-refractivity contribution in [2.75, 3.05) is 13.7 Å². The first kappa shape index (κ1) is 18.7. The van der Waals surface area contributed by atoms with Crippen molar-refractivity contribution >= 4 is 27.6 Å². The summed E-state index contributed by atoms with van der Waals surface area (Å²) in [6.45, 7) is 2.17. The molecule has 7 nitrogen and oxygen atoms in total. The molecule has 9 heteroatoms. The Kier molecular flexibility index (Phi) is 5.92. The fourth-order valence-electron chi connectivity index (χ4n) is 2.00. The minimum Gasteiger partial charge on any atom is -0.493 e. The standard InChI is InChI=1S/C16H13BrFNO6/c1-3-24-15-11(17)6-9(7-14(15)23-2)16(20)25-13-8-10(18)4-5-12(13)19(21)22/h4-8H,3H2,1-2H3. The highest BCUT2D eigenvalue weighted by Gasteiger charge is 2.22. The number of hydrogen-bond donors (Lipinski definition) is 0. The molecule has 25 heavy (non-hydrogen) atoms. The monoisotopic (exact) mass is 413 g/mol. The zero-order chi connectivity index (χ0) is 18.6. The highest BCUT2D eigenvalue weighted by Crippen LogP contribution is 2.37. The predicted molar refractivity (Wildman–Crippen MR) is 89.9 cm³/mol. The number of hydrogen-bond acceptors (Lipinski definition) is 6. The van der Waals surface area contributed by atoms with E-state index < -0.39 is 28.1 Å². The van der Waals surface area contributed by atoms with E-state index in [0.717, 1.165) is 18.2 Å². The zero-order valence-corrected chi connectivity index (χ0v) is 14.8. The number of methoxy groups -OCH3 is 1. The van der Waals surface area contributed by atoms with Gasteiger partial charge in [-0.1, -0.05) is 0 Å². The molecule has 0 aliphatic rings. The SMILES string of the molecule is CCOc1c(Br)cc(C(=O)Oc2cc(F)ccc2[N+](=O)[O-])cc1OC. The summed E-state index contributed by atoms with van der Waals surface area (Å²) in [6.07, 6.45) is 0. The van der Waals surface area contributed by atoms with Crippen molar-refractivity contribution in [3.8, 4) is 17.2 Å². The van der Waals surface area contributed by atoms with Crippen LogP contribution in [0.3, 0.4) is 0 Å². The van der Waals surface area contributed by atoms with Gasteiger partial charge in [0, 0.05) is 12.1 Å². The van der Waals surface area contributed by atoms with Crippen LogP contribution in [-0.4, -0.2) is 24.6 Å². The maximum Gasteiger partial charge on any atom is 0.343 e. The van der Waals surface area contributed by atoms with Crippen molar-refractivity contribution in [2.24, 2.45) is 0 Å². The molecule has 0 atom stereocenters. The first-order valence-corrected chi connectivity index (χ1v) is 7.83. The van der Waals surface area contributed by atoms with Gasteiger partial charge in [0.1, 0.15) is 5.82 Å². The smallest absolute Gasteiger partial charge is 0.343 e. The van der Waals surface area contributed by atoms with E-state index >= 15 is 0 Å². The Morgan fingerprint density at radius 3 is 2.60 bits per heavy atom. The molecule has 2 aromatic rings. The number of benzene rings is 2. The fraction of sp³-hybridized carbons (Fsp3) is 0.188. The highest BCUT2D eigenvalue weighted by molar-refractivity contribution is 9.10. The Hall–Kier alpha value is -2.68. The van der Waals surface area contributed by atoms with Crippen molar-refractivity contribution in [2.45, 2.75) is 6.92 Å². The summed E-state index contributed by atoms with van der Waals surface area (Å²) < 4.78 is 29.3. The van der Waals surface area contributed by atoms with Gasteiger partial charge in [0.25, 0.3) is 0 Å². The molecule has 0 saturated carbocycles. The molecule has 0 bridgehead atoms. The van der Waals surface area contributed by atoms with E-state index in [1.54, 1.807) is 6.92 Å². The van der Waals surface area contributed by atoms with Crippen LogP contribution in [0.25, 0.3) is 0 Å². The summed E-state index contributed by atoms with van der Waals surface area (Å²) in [4.78, 5) is 22.5. The molecule has 2 rings (SSSR count). The minimum atomic E-state index is -0.907. The molecule has 0 saturated heterocycles. The normalized spacial score (nSPS) is 10.2. The van der Waals surface area contributed by atoms with Crippen LogP contribution < -0.4 is 14.2 Å². The van der Waals surface area contributed by atoms with E-state index in [-0.39, 0.29) is 11.3 Å². The van der Waals surface area contributed by atoms with Crippen molar-refractivity contribution in [3.05, 3.63) is 56.3 Å². The van der Waals surface area contributed by atoms with E-state index in [0.29, 0.717) is 16.8 Å². The molecule has 132 valence electrons. The summed E-state index contributed by atoms with van der Waals surface area (Å²) in [7, 11) is 1.40. The number of carbonyl (C=O) groups is 1. The van der Waals surface area contributed by atoms with Crippen LogP contribution >= 0.6 is 15.9 Å². The third-order valence-electron chi connectivity index (χ3n) is 3.08. The first-order valence-electron chi connectivity index (χ1n) is 7.03. The van der Waals surface area contributed by atoms with Crippen molar-refractivity contribution in [3.63, 3.8) is 0 Å². The first-order chi connectivity index (χ1) is 11.9. The van der Waals surface area contributed by atoms with Crippen LogP contribution in [-0.2, 0) is 0 Å². The zero-order valence-electron chi connectivity index (χ0n) is 13.2. The molecule has 0 radical (unpaired) electrons. The second-order valence-electron chi connectivity index (χ2n) is 4.68. The van der Waals surface area contributed by atoms with Gasteiger partial charge >= 0.3 is 11.7 Å². The number of nitro benzene ring substituents is 1. The van der Waals surface area contributed by atoms with E-state index in [9.17, 15) is 19.3 Å². The Morgan fingerprint density at radius 1 is 1.28 bits per heavy atom. The third kappa shape index (κ3) is 4.24. The number of nitro groups is 1. The molecule has 0 aliphatic carbocycles. The lowest BCUT2D eigenvalue weighted by molar-refractivity contribution is -0.385. The molecule has 2 aromatic carbocycles. The Morgan fingerprint density at radius 2 is 2.00 bits per heavy atom. The molecule has 0 fully saturated rings. The Labute approximate surface area is 150 Å². The number of ether oxygens (including phenoxy) is 3. The average molecular weight is 414 g/mol. The van der Waals surface area contributed by atoms with Gasteiger partial charge in [0.15, 0.2) is 11.5 Å². The van der Waals surface area contributed by atoms with Crippen LogP contribution in [0.5, 0.6) is 17.2 Å². The molecule has 0 spiro atoms. The minimum absolute atomic E-state index is 0.0470. The topological polar surface area (TPSA) is 87.9 Å². The molecule has 0 aliphatic heterocycles. The van der Waals surface area contributed by atoms with Gasteiger partial charge in [0.05, 0.1) is 28.7 Å². The lowest BCUT2D eigenvalue weighted by atomic mass is 10.2. The van der Waals surface area contributed by atoms with Gasteiger partial charge < -0.3 is 14.2 Å². The number of nitrogens with zero attached hydrogens (tertiary/aromatic N) is 1. The van der Waals surface area contributed by atoms with Crippen LogP contribution in [0, 0.1) is 15.9 Å².